The number of hydrogen-bond acceptors (Lipinski definition) is 3. The molecule has 0 atom stereocenters. The molecular weight excluding hydrogens is 240 g/mol. The number of likely N-dealkylation sites (tertiary alicyclic amines) is 1. The van der Waals surface area contributed by atoms with Crippen molar-refractivity contribution >= 4 is 5.91 Å². The van der Waals surface area contributed by atoms with Crippen LogP contribution >= 0.6 is 0 Å². The molecule has 4 nitrogen and oxygen atoms in total. The molecule has 4 heteroatoms. The number of benzene rings is 1. The van der Waals surface area contributed by atoms with Crippen molar-refractivity contribution < 1.29 is 9.90 Å². The third-order valence-electron chi connectivity index (χ3n) is 3.59. The summed E-state index contributed by atoms with van der Waals surface area (Å²) in [5, 5.41) is 12.3. The second kappa shape index (κ2) is 6.57. The van der Waals surface area contributed by atoms with Crippen LogP contribution in [0.2, 0.25) is 0 Å². The standard InChI is InChI=1S/C15H22N2O2/c1-2-9-17-10-7-13(8-11-17)16-15(19)12-3-5-14(18)6-4-12/h3-6,13,18H,2,7-11H2,1H3,(H,16,19). The Balaban J connectivity index is 1.82. The highest BCUT2D eigenvalue weighted by molar-refractivity contribution is 5.94. The lowest BCUT2D eigenvalue weighted by molar-refractivity contribution is 0.0911. The quantitative estimate of drug-likeness (QED) is 0.872. The van der Waals surface area contributed by atoms with Gasteiger partial charge in [-0.2, -0.15) is 0 Å². The van der Waals surface area contributed by atoms with Crippen LogP contribution < -0.4 is 5.32 Å². The van der Waals surface area contributed by atoms with Crippen molar-refractivity contribution in [3.8, 4) is 5.75 Å². The Bertz CT molecular complexity index is 409. The van der Waals surface area contributed by atoms with Gasteiger partial charge in [0.15, 0.2) is 0 Å². The number of phenols is 1. The predicted octanol–water partition coefficient (Wildman–Crippen LogP) is 2.00. The van der Waals surface area contributed by atoms with Gasteiger partial charge in [-0.25, -0.2) is 0 Å². The maximum absolute atomic E-state index is 12.0. The zero-order valence-corrected chi connectivity index (χ0v) is 11.4. The van der Waals surface area contributed by atoms with Crippen molar-refractivity contribution in [1.82, 2.24) is 10.2 Å². The lowest BCUT2D eigenvalue weighted by Gasteiger charge is -2.32. The Kier molecular flexibility index (Phi) is 4.80. The Morgan fingerprint density at radius 3 is 2.53 bits per heavy atom. The number of nitrogens with zero attached hydrogens (tertiary/aromatic N) is 1. The van der Waals surface area contributed by atoms with Crippen molar-refractivity contribution in [2.45, 2.75) is 32.2 Å². The fourth-order valence-electron chi connectivity index (χ4n) is 2.50. The molecule has 0 unspecified atom stereocenters. The Labute approximate surface area is 114 Å². The Morgan fingerprint density at radius 2 is 1.95 bits per heavy atom. The van der Waals surface area contributed by atoms with Gasteiger partial charge in [0, 0.05) is 24.7 Å². The minimum absolute atomic E-state index is 0.0473. The minimum Gasteiger partial charge on any atom is -0.508 e. The predicted molar refractivity (Wildman–Crippen MR) is 75.3 cm³/mol. The first-order valence-electron chi connectivity index (χ1n) is 7.01. The van der Waals surface area contributed by atoms with E-state index in [1.165, 1.54) is 6.42 Å². The first-order chi connectivity index (χ1) is 9.19. The average Bonchev–Trinajstić information content (AvgIpc) is 2.42. The van der Waals surface area contributed by atoms with Gasteiger partial charge in [-0.05, 0) is 50.1 Å². The van der Waals surface area contributed by atoms with E-state index in [4.69, 9.17) is 0 Å². The van der Waals surface area contributed by atoms with E-state index in [1.807, 2.05) is 0 Å². The molecule has 1 fully saturated rings. The smallest absolute Gasteiger partial charge is 0.251 e. The monoisotopic (exact) mass is 262 g/mol. The van der Waals surface area contributed by atoms with Gasteiger partial charge in [0.1, 0.15) is 5.75 Å². The van der Waals surface area contributed by atoms with Gasteiger partial charge >= 0.3 is 0 Å². The number of amides is 1. The van der Waals surface area contributed by atoms with E-state index in [9.17, 15) is 9.90 Å². The first-order valence-corrected chi connectivity index (χ1v) is 7.01. The summed E-state index contributed by atoms with van der Waals surface area (Å²) in [6.45, 7) is 5.47. The van der Waals surface area contributed by atoms with E-state index in [0.717, 1.165) is 32.5 Å². The number of rotatable bonds is 4. The van der Waals surface area contributed by atoms with Gasteiger partial charge in [0.25, 0.3) is 5.91 Å². The maximum Gasteiger partial charge on any atom is 0.251 e. The molecule has 1 amide bonds. The fraction of sp³-hybridized carbons (Fsp3) is 0.533. The summed E-state index contributed by atoms with van der Waals surface area (Å²) in [6, 6.07) is 6.65. The van der Waals surface area contributed by atoms with Gasteiger partial charge in [0.05, 0.1) is 0 Å². The number of aromatic hydroxyl groups is 1. The topological polar surface area (TPSA) is 52.6 Å². The zero-order chi connectivity index (χ0) is 13.7. The highest BCUT2D eigenvalue weighted by atomic mass is 16.3. The molecular formula is C15H22N2O2. The van der Waals surface area contributed by atoms with Crippen LogP contribution in [0.5, 0.6) is 5.75 Å². The fourth-order valence-corrected chi connectivity index (χ4v) is 2.50. The van der Waals surface area contributed by atoms with E-state index in [-0.39, 0.29) is 17.7 Å². The second-order valence-electron chi connectivity index (χ2n) is 5.14. The molecule has 0 bridgehead atoms. The third-order valence-corrected chi connectivity index (χ3v) is 3.59. The number of nitrogens with one attached hydrogen (secondary N) is 1. The van der Waals surface area contributed by atoms with Crippen LogP contribution in [-0.4, -0.2) is 41.6 Å². The number of carbonyl (C=O) groups is 1. The van der Waals surface area contributed by atoms with Crippen LogP contribution in [0.3, 0.4) is 0 Å². The van der Waals surface area contributed by atoms with Gasteiger partial charge in [0.2, 0.25) is 0 Å². The molecule has 1 aromatic carbocycles. The summed E-state index contributed by atoms with van der Waals surface area (Å²) >= 11 is 0. The lowest BCUT2D eigenvalue weighted by Crippen LogP contribution is -2.44. The van der Waals surface area contributed by atoms with E-state index in [2.05, 4.69) is 17.1 Å². The highest BCUT2D eigenvalue weighted by Crippen LogP contribution is 2.13. The zero-order valence-electron chi connectivity index (χ0n) is 11.4. The van der Waals surface area contributed by atoms with Crippen LogP contribution in [0.15, 0.2) is 24.3 Å². The molecule has 1 heterocycles. The average molecular weight is 262 g/mol. The first kappa shape index (κ1) is 13.9. The summed E-state index contributed by atoms with van der Waals surface area (Å²) in [7, 11) is 0. The van der Waals surface area contributed by atoms with Gasteiger partial charge in [-0.3, -0.25) is 4.79 Å². The molecule has 1 aromatic rings. The normalized spacial score (nSPS) is 17.3. The molecule has 2 N–H and O–H groups in total. The summed E-state index contributed by atoms with van der Waals surface area (Å²) in [5.41, 5.74) is 0.605. The van der Waals surface area contributed by atoms with Gasteiger partial charge in [-0.1, -0.05) is 6.92 Å². The van der Waals surface area contributed by atoms with Crippen molar-refractivity contribution in [2.24, 2.45) is 0 Å². The van der Waals surface area contributed by atoms with Crippen molar-refractivity contribution in [2.75, 3.05) is 19.6 Å². The van der Waals surface area contributed by atoms with Crippen molar-refractivity contribution in [3.05, 3.63) is 29.8 Å². The molecule has 0 aromatic heterocycles. The van der Waals surface area contributed by atoms with Gasteiger partial charge < -0.3 is 15.3 Å². The van der Waals surface area contributed by atoms with E-state index in [1.54, 1.807) is 24.3 Å². The van der Waals surface area contributed by atoms with Crippen molar-refractivity contribution in [1.29, 1.82) is 0 Å². The minimum atomic E-state index is -0.0473. The van der Waals surface area contributed by atoms with Gasteiger partial charge in [-0.15, -0.1) is 0 Å². The number of carbonyl (C=O) groups excluding carboxylic acids is 1. The molecule has 1 aliphatic rings. The second-order valence-corrected chi connectivity index (χ2v) is 5.14. The van der Waals surface area contributed by atoms with Crippen LogP contribution in [0.1, 0.15) is 36.5 Å². The molecule has 0 spiro atoms. The molecule has 19 heavy (non-hydrogen) atoms. The number of phenolic OH excluding ortho intramolecular Hbond substituents is 1. The lowest BCUT2D eigenvalue weighted by atomic mass is 10.0. The third kappa shape index (κ3) is 3.96. The SMILES string of the molecule is CCCN1CCC(NC(=O)c2ccc(O)cc2)CC1. The number of piperidine rings is 1. The highest BCUT2D eigenvalue weighted by Gasteiger charge is 2.20. The van der Waals surface area contributed by atoms with E-state index < -0.39 is 0 Å². The van der Waals surface area contributed by atoms with Crippen LogP contribution in [0.25, 0.3) is 0 Å². The molecule has 0 aliphatic carbocycles. The number of hydrogen-bond donors (Lipinski definition) is 2. The molecule has 0 saturated carbocycles. The molecule has 1 aliphatic heterocycles. The Morgan fingerprint density at radius 1 is 1.32 bits per heavy atom. The van der Waals surface area contributed by atoms with Crippen LogP contribution in [0, 0.1) is 0 Å². The summed E-state index contributed by atoms with van der Waals surface area (Å²) in [4.78, 5) is 14.5. The van der Waals surface area contributed by atoms with E-state index >= 15 is 0 Å². The largest absolute Gasteiger partial charge is 0.508 e. The Hall–Kier alpha value is -1.55. The van der Waals surface area contributed by atoms with E-state index in [0.29, 0.717) is 5.56 Å². The molecule has 1 saturated heterocycles. The summed E-state index contributed by atoms with van der Waals surface area (Å²) in [6.07, 6.45) is 3.22. The molecule has 2 rings (SSSR count). The molecule has 104 valence electrons. The van der Waals surface area contributed by atoms with Crippen molar-refractivity contribution in [3.63, 3.8) is 0 Å². The van der Waals surface area contributed by atoms with Crippen LogP contribution in [0.4, 0.5) is 0 Å². The van der Waals surface area contributed by atoms with Crippen LogP contribution in [-0.2, 0) is 0 Å². The summed E-state index contributed by atoms with van der Waals surface area (Å²) < 4.78 is 0. The molecule has 0 radical (unpaired) electrons. The maximum atomic E-state index is 12.0. The summed E-state index contributed by atoms with van der Waals surface area (Å²) in [5.74, 6) is 0.137.